The normalized spacial score (nSPS) is 20.6. The molecule has 0 radical (unpaired) electrons. The lowest BCUT2D eigenvalue weighted by Crippen LogP contribution is -2.51. The molecule has 8 nitrogen and oxygen atoms in total. The van der Waals surface area contributed by atoms with Crippen molar-refractivity contribution in [2.75, 3.05) is 6.54 Å². The maximum Gasteiger partial charge on any atom is 0.329 e. The van der Waals surface area contributed by atoms with Crippen LogP contribution >= 0.6 is 0 Å². The molecule has 2 heterocycles. The summed E-state index contributed by atoms with van der Waals surface area (Å²) in [4.78, 5) is 52.6. The number of carboxylic acids is 1. The van der Waals surface area contributed by atoms with Gasteiger partial charge in [0, 0.05) is 12.6 Å². The third kappa shape index (κ3) is 3.07. The van der Waals surface area contributed by atoms with Crippen molar-refractivity contribution in [1.82, 2.24) is 14.5 Å². The number of likely N-dealkylation sites (tertiary alicyclic amines) is 1. The third-order valence-corrected chi connectivity index (χ3v) is 4.81. The topological polar surface area (TPSA) is 112 Å². The minimum Gasteiger partial charge on any atom is -0.481 e. The number of aromatic amines is 1. The Kier molecular flexibility index (Phi) is 4.43. The summed E-state index contributed by atoms with van der Waals surface area (Å²) in [5.41, 5.74) is -0.776. The minimum absolute atomic E-state index is 0.324. The average Bonchev–Trinajstić information content (AvgIpc) is 2.58. The minimum atomic E-state index is -0.939. The molecule has 3 rings (SSSR count). The van der Waals surface area contributed by atoms with Crippen molar-refractivity contribution in [2.45, 2.75) is 32.4 Å². The summed E-state index contributed by atoms with van der Waals surface area (Å²) in [5, 5.41) is 9.58. The molecule has 25 heavy (non-hydrogen) atoms. The second-order valence-corrected chi connectivity index (χ2v) is 6.28. The van der Waals surface area contributed by atoms with Crippen molar-refractivity contribution in [3.05, 3.63) is 45.1 Å². The average molecular weight is 345 g/mol. The molecule has 2 aromatic rings. The molecule has 1 fully saturated rings. The Morgan fingerprint density at radius 1 is 1.28 bits per heavy atom. The molecule has 1 aromatic carbocycles. The summed E-state index contributed by atoms with van der Waals surface area (Å²) in [6.07, 6.45) is 1.09. The van der Waals surface area contributed by atoms with Crippen LogP contribution in [0.25, 0.3) is 10.9 Å². The highest BCUT2D eigenvalue weighted by molar-refractivity contribution is 5.80. The van der Waals surface area contributed by atoms with Crippen LogP contribution in [-0.2, 0) is 16.1 Å². The Labute approximate surface area is 142 Å². The molecule has 1 aromatic heterocycles. The number of carbonyl (C=O) groups is 2. The van der Waals surface area contributed by atoms with Gasteiger partial charge < -0.3 is 15.0 Å². The zero-order valence-corrected chi connectivity index (χ0v) is 13.8. The first kappa shape index (κ1) is 16.9. The second kappa shape index (κ2) is 6.54. The maximum atomic E-state index is 12.6. The predicted molar refractivity (Wildman–Crippen MR) is 90.4 cm³/mol. The van der Waals surface area contributed by atoms with Crippen LogP contribution in [0.3, 0.4) is 0 Å². The summed E-state index contributed by atoms with van der Waals surface area (Å²) < 4.78 is 0.863. The number of benzene rings is 1. The molecule has 1 aliphatic rings. The van der Waals surface area contributed by atoms with Crippen molar-refractivity contribution in [1.29, 1.82) is 0 Å². The summed E-state index contributed by atoms with van der Waals surface area (Å²) in [5.74, 6) is -2.00. The van der Waals surface area contributed by atoms with Gasteiger partial charge in [-0.05, 0) is 31.9 Å². The number of piperidine rings is 1. The first-order valence-electron chi connectivity index (χ1n) is 8.14. The van der Waals surface area contributed by atoms with Crippen LogP contribution in [0.5, 0.6) is 0 Å². The number of H-pyrrole nitrogens is 1. The fourth-order valence-corrected chi connectivity index (χ4v) is 3.39. The lowest BCUT2D eigenvalue weighted by Gasteiger charge is -2.37. The molecule has 2 N–H and O–H groups in total. The van der Waals surface area contributed by atoms with E-state index in [9.17, 15) is 24.3 Å². The summed E-state index contributed by atoms with van der Waals surface area (Å²) >= 11 is 0. The standard InChI is InChI=1S/C17H19N3O5/c1-10-11(16(23)24)6-4-8-19(10)14(21)9-20-15(22)12-5-2-3-7-13(12)18-17(20)25/h2-3,5,7,10-11H,4,6,8-9H2,1H3,(H,18,25)(H,23,24)/t10-,11-/m1/s1. The first-order valence-corrected chi connectivity index (χ1v) is 8.14. The maximum absolute atomic E-state index is 12.6. The SMILES string of the molecule is C[C@@H]1[C@H](C(=O)O)CCCN1C(=O)Cn1c(=O)[nH]c2ccccc2c1=O. The van der Waals surface area contributed by atoms with Gasteiger partial charge in [-0.15, -0.1) is 0 Å². The van der Waals surface area contributed by atoms with Gasteiger partial charge in [-0.1, -0.05) is 12.1 Å². The van der Waals surface area contributed by atoms with E-state index in [-0.39, 0.29) is 0 Å². The van der Waals surface area contributed by atoms with Gasteiger partial charge in [0.05, 0.1) is 16.8 Å². The Morgan fingerprint density at radius 3 is 2.72 bits per heavy atom. The number of aliphatic carboxylic acids is 1. The van der Waals surface area contributed by atoms with E-state index < -0.39 is 41.6 Å². The quantitative estimate of drug-likeness (QED) is 0.836. The van der Waals surface area contributed by atoms with Crippen LogP contribution in [-0.4, -0.2) is 44.0 Å². The van der Waals surface area contributed by atoms with E-state index in [2.05, 4.69) is 4.98 Å². The fourth-order valence-electron chi connectivity index (χ4n) is 3.39. The number of amides is 1. The Bertz CT molecular complexity index is 945. The fraction of sp³-hybridized carbons (Fsp3) is 0.412. The molecule has 132 valence electrons. The van der Waals surface area contributed by atoms with Crippen LogP contribution < -0.4 is 11.2 Å². The molecule has 2 atom stereocenters. The molecular formula is C17H19N3O5. The molecule has 8 heteroatoms. The van der Waals surface area contributed by atoms with E-state index in [1.54, 1.807) is 31.2 Å². The zero-order chi connectivity index (χ0) is 18.1. The molecule has 1 amide bonds. The van der Waals surface area contributed by atoms with Crippen LogP contribution in [0.2, 0.25) is 0 Å². The molecule has 0 spiro atoms. The number of fused-ring (bicyclic) bond motifs is 1. The van der Waals surface area contributed by atoms with Gasteiger partial charge in [-0.2, -0.15) is 0 Å². The number of para-hydroxylation sites is 1. The van der Waals surface area contributed by atoms with Crippen molar-refractivity contribution in [3.63, 3.8) is 0 Å². The van der Waals surface area contributed by atoms with E-state index in [0.29, 0.717) is 30.3 Å². The highest BCUT2D eigenvalue weighted by atomic mass is 16.4. The molecule has 0 saturated carbocycles. The van der Waals surface area contributed by atoms with Crippen LogP contribution in [0.4, 0.5) is 0 Å². The van der Waals surface area contributed by atoms with Gasteiger partial charge in [0.2, 0.25) is 5.91 Å². The largest absolute Gasteiger partial charge is 0.481 e. The van der Waals surface area contributed by atoms with Gasteiger partial charge in [0.15, 0.2) is 0 Å². The number of hydrogen-bond donors (Lipinski definition) is 2. The molecule has 0 unspecified atom stereocenters. The molecule has 0 aliphatic carbocycles. The van der Waals surface area contributed by atoms with E-state index in [0.717, 1.165) is 4.57 Å². The van der Waals surface area contributed by atoms with Crippen molar-refractivity contribution >= 4 is 22.8 Å². The summed E-state index contributed by atoms with van der Waals surface area (Å²) in [6.45, 7) is 1.70. The van der Waals surface area contributed by atoms with E-state index in [1.807, 2.05) is 0 Å². The summed E-state index contributed by atoms with van der Waals surface area (Å²) in [6, 6.07) is 6.11. The van der Waals surface area contributed by atoms with Gasteiger partial charge in [0.1, 0.15) is 6.54 Å². The van der Waals surface area contributed by atoms with Crippen molar-refractivity contribution in [3.8, 4) is 0 Å². The number of nitrogens with zero attached hydrogens (tertiary/aromatic N) is 2. The molecule has 0 bridgehead atoms. The van der Waals surface area contributed by atoms with Crippen LogP contribution in [0.1, 0.15) is 19.8 Å². The van der Waals surface area contributed by atoms with Gasteiger partial charge >= 0.3 is 11.7 Å². The number of nitrogens with one attached hydrogen (secondary N) is 1. The number of hydrogen-bond acceptors (Lipinski definition) is 4. The molecular weight excluding hydrogens is 326 g/mol. The predicted octanol–water partition coefficient (Wildman–Crippen LogP) is 0.401. The van der Waals surface area contributed by atoms with Gasteiger partial charge in [-0.3, -0.25) is 19.0 Å². The van der Waals surface area contributed by atoms with Gasteiger partial charge in [-0.25, -0.2) is 4.79 Å². The first-order chi connectivity index (χ1) is 11.9. The van der Waals surface area contributed by atoms with E-state index >= 15 is 0 Å². The summed E-state index contributed by atoms with van der Waals surface area (Å²) in [7, 11) is 0. The highest BCUT2D eigenvalue weighted by Crippen LogP contribution is 2.23. The third-order valence-electron chi connectivity index (χ3n) is 4.81. The van der Waals surface area contributed by atoms with Crippen molar-refractivity contribution in [2.24, 2.45) is 5.92 Å². The second-order valence-electron chi connectivity index (χ2n) is 6.28. The molecule has 1 saturated heterocycles. The lowest BCUT2D eigenvalue weighted by atomic mass is 9.90. The Morgan fingerprint density at radius 2 is 2.00 bits per heavy atom. The highest BCUT2D eigenvalue weighted by Gasteiger charge is 2.35. The van der Waals surface area contributed by atoms with Crippen LogP contribution in [0.15, 0.2) is 33.9 Å². The Balaban J connectivity index is 1.91. The smallest absolute Gasteiger partial charge is 0.329 e. The monoisotopic (exact) mass is 345 g/mol. The Hall–Kier alpha value is -2.90. The number of carboxylic acid groups (broad SMARTS) is 1. The van der Waals surface area contributed by atoms with Gasteiger partial charge in [0.25, 0.3) is 5.56 Å². The van der Waals surface area contributed by atoms with Crippen LogP contribution in [0, 0.1) is 5.92 Å². The van der Waals surface area contributed by atoms with E-state index in [4.69, 9.17) is 0 Å². The van der Waals surface area contributed by atoms with Crippen molar-refractivity contribution < 1.29 is 14.7 Å². The lowest BCUT2D eigenvalue weighted by molar-refractivity contribution is -0.149. The number of carbonyl (C=O) groups excluding carboxylic acids is 1. The molecule has 1 aliphatic heterocycles. The van der Waals surface area contributed by atoms with E-state index in [1.165, 1.54) is 4.90 Å². The number of rotatable bonds is 3. The number of aromatic nitrogens is 2. The zero-order valence-electron chi connectivity index (χ0n) is 13.8.